The molecule has 2 aromatic rings. The van der Waals surface area contributed by atoms with Crippen molar-refractivity contribution in [2.24, 2.45) is 0 Å². The number of hydrogen-bond acceptors (Lipinski definition) is 6. The van der Waals surface area contributed by atoms with E-state index in [9.17, 15) is 4.79 Å². The third-order valence-corrected chi connectivity index (χ3v) is 5.42. The Balaban J connectivity index is 1.50. The molecule has 1 aromatic heterocycles. The van der Waals surface area contributed by atoms with Crippen LogP contribution in [-0.4, -0.2) is 59.7 Å². The Morgan fingerprint density at radius 1 is 1.15 bits per heavy atom. The van der Waals surface area contributed by atoms with Gasteiger partial charge in [-0.3, -0.25) is 4.79 Å². The summed E-state index contributed by atoms with van der Waals surface area (Å²) in [4.78, 5) is 14.7. The molecule has 2 aliphatic rings. The predicted octanol–water partition coefficient (Wildman–Crippen LogP) is 1.42. The molecule has 0 spiro atoms. The molecular formula is C19H25N5O3. The minimum atomic E-state index is -0.0735. The molecule has 1 aromatic carbocycles. The fraction of sp³-hybridized carbons (Fsp3) is 0.526. The first-order chi connectivity index (χ1) is 13.2. The van der Waals surface area contributed by atoms with E-state index in [1.807, 2.05) is 21.7 Å². The Bertz CT molecular complexity index is 829. The van der Waals surface area contributed by atoms with Gasteiger partial charge in [-0.05, 0) is 55.6 Å². The van der Waals surface area contributed by atoms with Crippen molar-refractivity contribution in [3.8, 4) is 11.5 Å². The summed E-state index contributed by atoms with van der Waals surface area (Å²) in [6, 6.07) is 4.28. The van der Waals surface area contributed by atoms with Crippen molar-refractivity contribution in [2.75, 3.05) is 33.9 Å². The van der Waals surface area contributed by atoms with Crippen molar-refractivity contribution >= 4 is 5.91 Å². The van der Waals surface area contributed by atoms with E-state index in [0.29, 0.717) is 30.6 Å². The highest BCUT2D eigenvalue weighted by Gasteiger charge is 2.26. The summed E-state index contributed by atoms with van der Waals surface area (Å²) in [5.74, 6) is 1.33. The van der Waals surface area contributed by atoms with E-state index >= 15 is 0 Å². The lowest BCUT2D eigenvalue weighted by Crippen LogP contribution is -2.36. The summed E-state index contributed by atoms with van der Waals surface area (Å²) in [5.41, 5.74) is 2.69. The second-order valence-electron chi connectivity index (χ2n) is 7.02. The van der Waals surface area contributed by atoms with Crippen molar-refractivity contribution in [3.05, 3.63) is 35.2 Å². The molecule has 3 heterocycles. The molecule has 1 amide bonds. The Morgan fingerprint density at radius 3 is 2.56 bits per heavy atom. The van der Waals surface area contributed by atoms with Gasteiger partial charge in [-0.1, -0.05) is 5.21 Å². The monoisotopic (exact) mass is 371 g/mol. The Morgan fingerprint density at radius 2 is 1.85 bits per heavy atom. The van der Waals surface area contributed by atoms with Gasteiger partial charge in [0.1, 0.15) is 0 Å². The number of ether oxygens (including phenoxy) is 2. The summed E-state index contributed by atoms with van der Waals surface area (Å²) in [6.45, 7) is 3.14. The summed E-state index contributed by atoms with van der Waals surface area (Å²) < 4.78 is 12.6. The van der Waals surface area contributed by atoms with E-state index in [4.69, 9.17) is 9.47 Å². The topological polar surface area (TPSA) is 81.5 Å². The summed E-state index contributed by atoms with van der Waals surface area (Å²) in [7, 11) is 3.25. The highest BCUT2D eigenvalue weighted by molar-refractivity contribution is 5.92. The van der Waals surface area contributed by atoms with Crippen LogP contribution in [0.1, 0.15) is 40.5 Å². The molecule has 0 unspecified atom stereocenters. The molecule has 0 atom stereocenters. The van der Waals surface area contributed by atoms with E-state index < -0.39 is 0 Å². The van der Waals surface area contributed by atoms with Crippen LogP contribution in [-0.2, 0) is 13.0 Å². The molecular weight excluding hydrogens is 346 g/mol. The van der Waals surface area contributed by atoms with Crippen LogP contribution in [0.25, 0.3) is 0 Å². The van der Waals surface area contributed by atoms with Gasteiger partial charge >= 0.3 is 0 Å². The van der Waals surface area contributed by atoms with Crippen LogP contribution < -0.4 is 14.8 Å². The number of carbonyl (C=O) groups excluding carboxylic acids is 1. The minimum absolute atomic E-state index is 0.0735. The summed E-state index contributed by atoms with van der Waals surface area (Å²) in [5, 5.41) is 11.7. The average Bonchev–Trinajstić information content (AvgIpc) is 3.22. The zero-order valence-corrected chi connectivity index (χ0v) is 15.8. The first-order valence-corrected chi connectivity index (χ1v) is 9.35. The number of piperidine rings is 1. The molecule has 0 radical (unpaired) electrons. The molecule has 27 heavy (non-hydrogen) atoms. The van der Waals surface area contributed by atoms with Crippen molar-refractivity contribution in [3.63, 3.8) is 0 Å². The Kier molecular flexibility index (Phi) is 4.98. The normalized spacial score (nSPS) is 17.5. The van der Waals surface area contributed by atoms with Crippen molar-refractivity contribution in [1.29, 1.82) is 0 Å². The maximum absolute atomic E-state index is 12.9. The summed E-state index contributed by atoms with van der Waals surface area (Å²) in [6.07, 6.45) is 4.59. The van der Waals surface area contributed by atoms with Crippen LogP contribution in [0.2, 0.25) is 0 Å². The molecule has 144 valence electrons. The molecule has 4 rings (SSSR count). The van der Waals surface area contributed by atoms with Crippen LogP contribution in [0.4, 0.5) is 0 Å². The molecule has 2 aliphatic heterocycles. The van der Waals surface area contributed by atoms with Gasteiger partial charge in [0.05, 0.1) is 26.5 Å². The fourth-order valence-electron chi connectivity index (χ4n) is 3.84. The third kappa shape index (κ3) is 3.49. The SMILES string of the molecule is COc1cc2c(cc1OC)CN(C(=O)c1cn(C3CCNCC3)nn1)CC2. The van der Waals surface area contributed by atoms with E-state index in [1.54, 1.807) is 20.4 Å². The van der Waals surface area contributed by atoms with Gasteiger partial charge in [-0.2, -0.15) is 0 Å². The van der Waals surface area contributed by atoms with Gasteiger partial charge in [0.15, 0.2) is 17.2 Å². The lowest BCUT2D eigenvalue weighted by Gasteiger charge is -2.29. The van der Waals surface area contributed by atoms with Crippen molar-refractivity contribution in [1.82, 2.24) is 25.2 Å². The summed E-state index contributed by atoms with van der Waals surface area (Å²) >= 11 is 0. The molecule has 1 saturated heterocycles. The molecule has 0 bridgehead atoms. The van der Waals surface area contributed by atoms with Crippen LogP contribution >= 0.6 is 0 Å². The van der Waals surface area contributed by atoms with Crippen LogP contribution in [0.15, 0.2) is 18.3 Å². The number of methoxy groups -OCH3 is 2. The minimum Gasteiger partial charge on any atom is -0.493 e. The van der Waals surface area contributed by atoms with Crippen molar-refractivity contribution in [2.45, 2.75) is 31.8 Å². The van der Waals surface area contributed by atoms with Gasteiger partial charge in [-0.25, -0.2) is 4.68 Å². The molecule has 0 saturated carbocycles. The first kappa shape index (κ1) is 17.8. The van der Waals surface area contributed by atoms with Gasteiger partial charge in [0, 0.05) is 13.1 Å². The van der Waals surface area contributed by atoms with Crippen molar-refractivity contribution < 1.29 is 14.3 Å². The fourth-order valence-corrected chi connectivity index (χ4v) is 3.84. The second-order valence-corrected chi connectivity index (χ2v) is 7.02. The Labute approximate surface area is 158 Å². The third-order valence-electron chi connectivity index (χ3n) is 5.42. The van der Waals surface area contributed by atoms with E-state index in [1.165, 1.54) is 5.56 Å². The number of carbonyl (C=O) groups is 1. The maximum Gasteiger partial charge on any atom is 0.276 e. The largest absolute Gasteiger partial charge is 0.493 e. The van der Waals surface area contributed by atoms with Gasteiger partial charge < -0.3 is 19.7 Å². The van der Waals surface area contributed by atoms with E-state index in [0.717, 1.165) is 43.7 Å². The standard InChI is InChI=1S/C19H25N5O3/c1-26-17-9-13-5-8-23(11-14(13)10-18(17)27-2)19(25)16-12-24(22-21-16)15-3-6-20-7-4-15/h9-10,12,15,20H,3-8,11H2,1-2H3. The zero-order chi connectivity index (χ0) is 18.8. The molecule has 8 nitrogen and oxygen atoms in total. The predicted molar refractivity (Wildman–Crippen MR) is 99.2 cm³/mol. The lowest BCUT2D eigenvalue weighted by atomic mass is 9.98. The number of hydrogen-bond donors (Lipinski definition) is 1. The molecule has 1 N–H and O–H groups in total. The van der Waals surface area contributed by atoms with Crippen LogP contribution in [0, 0.1) is 0 Å². The zero-order valence-electron chi connectivity index (χ0n) is 15.8. The van der Waals surface area contributed by atoms with Crippen LogP contribution in [0.3, 0.4) is 0 Å². The number of rotatable bonds is 4. The number of nitrogens with zero attached hydrogens (tertiary/aromatic N) is 4. The van der Waals surface area contributed by atoms with Gasteiger partial charge in [0.2, 0.25) is 0 Å². The number of amides is 1. The highest BCUT2D eigenvalue weighted by atomic mass is 16.5. The quantitative estimate of drug-likeness (QED) is 0.875. The van der Waals surface area contributed by atoms with E-state index in [-0.39, 0.29) is 5.91 Å². The maximum atomic E-state index is 12.9. The Hall–Kier alpha value is -2.61. The molecule has 8 heteroatoms. The van der Waals surface area contributed by atoms with E-state index in [2.05, 4.69) is 15.6 Å². The van der Waals surface area contributed by atoms with Gasteiger partial charge in [0.25, 0.3) is 5.91 Å². The number of fused-ring (bicyclic) bond motifs is 1. The van der Waals surface area contributed by atoms with Gasteiger partial charge in [-0.15, -0.1) is 5.10 Å². The second kappa shape index (κ2) is 7.56. The smallest absolute Gasteiger partial charge is 0.276 e. The number of nitrogens with one attached hydrogen (secondary N) is 1. The number of aromatic nitrogens is 3. The lowest BCUT2D eigenvalue weighted by molar-refractivity contribution is 0.0728. The highest BCUT2D eigenvalue weighted by Crippen LogP contribution is 2.33. The van der Waals surface area contributed by atoms with Crippen LogP contribution in [0.5, 0.6) is 11.5 Å². The average molecular weight is 371 g/mol. The first-order valence-electron chi connectivity index (χ1n) is 9.35. The number of benzene rings is 1. The molecule has 0 aliphatic carbocycles. The molecule has 1 fully saturated rings.